The Balaban J connectivity index is 2.10. The van der Waals surface area contributed by atoms with Gasteiger partial charge >= 0.3 is 0 Å². The summed E-state index contributed by atoms with van der Waals surface area (Å²) in [4.78, 5) is 2.36. The Hall–Kier alpha value is -1.90. The van der Waals surface area contributed by atoms with Crippen LogP contribution in [0.2, 0.25) is 0 Å². The Kier molecular flexibility index (Phi) is 4.86. The Bertz CT molecular complexity index is 705. The van der Waals surface area contributed by atoms with Crippen molar-refractivity contribution in [1.29, 1.82) is 0 Å². The van der Waals surface area contributed by atoms with E-state index in [-0.39, 0.29) is 5.41 Å². The predicted molar refractivity (Wildman–Crippen MR) is 104 cm³/mol. The number of fused-ring (bicyclic) bond motifs is 1. The van der Waals surface area contributed by atoms with Gasteiger partial charge in [0.1, 0.15) is 11.5 Å². The van der Waals surface area contributed by atoms with E-state index in [9.17, 15) is 0 Å². The fourth-order valence-corrected chi connectivity index (χ4v) is 4.29. The molecule has 3 nitrogen and oxygen atoms in total. The molecule has 1 aromatic rings. The van der Waals surface area contributed by atoms with Crippen LogP contribution < -0.4 is 9.64 Å². The van der Waals surface area contributed by atoms with E-state index in [1.165, 1.54) is 22.4 Å². The molecular formula is C22H31NO2. The number of anilines is 1. The average Bonchev–Trinajstić information content (AvgIpc) is 2.95. The molecule has 1 aromatic carbocycles. The molecule has 0 amide bonds. The van der Waals surface area contributed by atoms with Gasteiger partial charge < -0.3 is 14.4 Å². The minimum atomic E-state index is 0.151. The summed E-state index contributed by atoms with van der Waals surface area (Å²) in [7, 11) is 1.71. The summed E-state index contributed by atoms with van der Waals surface area (Å²) in [6.07, 6.45) is 3.91. The van der Waals surface area contributed by atoms with Crippen LogP contribution in [0.4, 0.5) is 5.69 Å². The second kappa shape index (κ2) is 6.78. The molecule has 0 saturated carbocycles. The van der Waals surface area contributed by atoms with Crippen LogP contribution in [-0.2, 0) is 4.74 Å². The molecule has 0 fully saturated rings. The summed E-state index contributed by atoms with van der Waals surface area (Å²) < 4.78 is 11.7. The van der Waals surface area contributed by atoms with Gasteiger partial charge in [-0.2, -0.15) is 0 Å². The van der Waals surface area contributed by atoms with Crippen molar-refractivity contribution in [1.82, 2.24) is 0 Å². The lowest BCUT2D eigenvalue weighted by Crippen LogP contribution is -2.26. The second-order valence-corrected chi connectivity index (χ2v) is 8.03. The van der Waals surface area contributed by atoms with Crippen LogP contribution in [0.1, 0.15) is 58.9 Å². The third-order valence-corrected chi connectivity index (χ3v) is 5.37. The van der Waals surface area contributed by atoms with Crippen molar-refractivity contribution in [2.24, 2.45) is 5.41 Å². The van der Waals surface area contributed by atoms with Crippen LogP contribution >= 0.6 is 0 Å². The van der Waals surface area contributed by atoms with Crippen molar-refractivity contribution in [2.75, 3.05) is 25.1 Å². The van der Waals surface area contributed by atoms with E-state index in [2.05, 4.69) is 57.7 Å². The standard InChI is InChI=1S/C22H31NO2/c1-7-23(8-2)16-10-12-17-19(13-16)25-21-15(14-24-6)9-11-18(21)20(17)22(3,4)5/h10,12-14,20H,7-9,11H2,1-6H3. The van der Waals surface area contributed by atoms with Crippen molar-refractivity contribution >= 4 is 5.69 Å². The molecule has 0 N–H and O–H groups in total. The van der Waals surface area contributed by atoms with Gasteiger partial charge in [-0.25, -0.2) is 0 Å². The van der Waals surface area contributed by atoms with Crippen molar-refractivity contribution in [3.05, 3.63) is 46.9 Å². The van der Waals surface area contributed by atoms with E-state index in [4.69, 9.17) is 9.47 Å². The summed E-state index contributed by atoms with van der Waals surface area (Å²) in [5.74, 6) is 2.44. The monoisotopic (exact) mass is 341 g/mol. The van der Waals surface area contributed by atoms with Gasteiger partial charge in [-0.1, -0.05) is 26.8 Å². The molecular weight excluding hydrogens is 310 g/mol. The minimum absolute atomic E-state index is 0.151. The Morgan fingerprint density at radius 3 is 2.52 bits per heavy atom. The topological polar surface area (TPSA) is 21.7 Å². The highest BCUT2D eigenvalue weighted by molar-refractivity contribution is 5.60. The summed E-state index contributed by atoms with van der Waals surface area (Å²) >= 11 is 0. The number of ether oxygens (including phenoxy) is 2. The van der Waals surface area contributed by atoms with E-state index >= 15 is 0 Å². The number of hydrogen-bond acceptors (Lipinski definition) is 3. The molecule has 1 unspecified atom stereocenters. The van der Waals surface area contributed by atoms with Gasteiger partial charge in [-0.3, -0.25) is 0 Å². The lowest BCUT2D eigenvalue weighted by molar-refractivity contribution is 0.306. The molecule has 1 atom stereocenters. The molecule has 3 rings (SSSR count). The molecule has 0 saturated heterocycles. The third kappa shape index (κ3) is 3.17. The van der Waals surface area contributed by atoms with Gasteiger partial charge in [0.2, 0.25) is 0 Å². The molecule has 0 aromatic heterocycles. The van der Waals surface area contributed by atoms with Crippen molar-refractivity contribution in [3.8, 4) is 5.75 Å². The van der Waals surface area contributed by atoms with Gasteiger partial charge in [0, 0.05) is 41.9 Å². The first-order valence-electron chi connectivity index (χ1n) is 9.42. The zero-order valence-corrected chi connectivity index (χ0v) is 16.5. The fourth-order valence-electron chi connectivity index (χ4n) is 4.29. The molecule has 3 heteroatoms. The highest BCUT2D eigenvalue weighted by Gasteiger charge is 2.40. The molecule has 136 valence electrons. The largest absolute Gasteiger partial charge is 0.504 e. The Morgan fingerprint density at radius 2 is 1.92 bits per heavy atom. The van der Waals surface area contributed by atoms with Gasteiger partial charge in [0.15, 0.2) is 0 Å². The number of rotatable bonds is 4. The van der Waals surface area contributed by atoms with E-state index in [1.807, 2.05) is 6.26 Å². The van der Waals surface area contributed by atoms with Crippen molar-refractivity contribution in [3.63, 3.8) is 0 Å². The minimum Gasteiger partial charge on any atom is -0.504 e. The van der Waals surface area contributed by atoms with Crippen molar-refractivity contribution < 1.29 is 9.47 Å². The highest BCUT2D eigenvalue weighted by atomic mass is 16.5. The highest BCUT2D eigenvalue weighted by Crippen LogP contribution is 2.54. The third-order valence-electron chi connectivity index (χ3n) is 5.37. The smallest absolute Gasteiger partial charge is 0.133 e. The quantitative estimate of drug-likeness (QED) is 0.662. The lowest BCUT2D eigenvalue weighted by atomic mass is 9.71. The maximum Gasteiger partial charge on any atom is 0.133 e. The van der Waals surface area contributed by atoms with Crippen LogP contribution in [0, 0.1) is 5.41 Å². The summed E-state index contributed by atoms with van der Waals surface area (Å²) in [6.45, 7) is 13.4. The summed E-state index contributed by atoms with van der Waals surface area (Å²) in [5, 5.41) is 0. The van der Waals surface area contributed by atoms with Gasteiger partial charge in [-0.05, 0) is 43.7 Å². The van der Waals surface area contributed by atoms with Crippen LogP contribution in [0.5, 0.6) is 5.75 Å². The Labute approximate surface area is 152 Å². The fraction of sp³-hybridized carbons (Fsp3) is 0.545. The lowest BCUT2D eigenvalue weighted by Gasteiger charge is -2.37. The number of benzene rings is 1. The van der Waals surface area contributed by atoms with Crippen LogP contribution in [0.25, 0.3) is 0 Å². The van der Waals surface area contributed by atoms with Gasteiger partial charge in [0.25, 0.3) is 0 Å². The molecule has 25 heavy (non-hydrogen) atoms. The number of allylic oxidation sites excluding steroid dienone is 2. The molecule has 1 aliphatic heterocycles. The molecule has 1 heterocycles. The molecule has 0 spiro atoms. The number of methoxy groups -OCH3 is 1. The van der Waals surface area contributed by atoms with Gasteiger partial charge in [-0.15, -0.1) is 0 Å². The molecule has 2 aliphatic rings. The summed E-state index contributed by atoms with van der Waals surface area (Å²) in [5.41, 5.74) is 5.32. The van der Waals surface area contributed by atoms with Gasteiger partial charge in [0.05, 0.1) is 13.4 Å². The predicted octanol–water partition coefficient (Wildman–Crippen LogP) is 5.63. The van der Waals surface area contributed by atoms with Crippen LogP contribution in [0.15, 0.2) is 41.4 Å². The van der Waals surface area contributed by atoms with Crippen LogP contribution in [0.3, 0.4) is 0 Å². The SMILES string of the molecule is CCN(CC)c1ccc2c(c1)OC1=C(CCC1=COC)C2C(C)(C)C. The van der Waals surface area contributed by atoms with E-state index in [1.54, 1.807) is 7.11 Å². The van der Waals surface area contributed by atoms with Crippen molar-refractivity contribution in [2.45, 2.75) is 53.4 Å². The van der Waals surface area contributed by atoms with E-state index in [0.29, 0.717) is 5.92 Å². The van der Waals surface area contributed by atoms with Crippen LogP contribution in [-0.4, -0.2) is 20.2 Å². The van der Waals surface area contributed by atoms with E-state index in [0.717, 1.165) is 37.4 Å². The molecule has 0 bridgehead atoms. The Morgan fingerprint density at radius 1 is 1.20 bits per heavy atom. The number of nitrogens with zero attached hydrogens (tertiary/aromatic N) is 1. The molecule has 1 aliphatic carbocycles. The first-order valence-corrected chi connectivity index (χ1v) is 9.42. The molecule has 0 radical (unpaired) electrons. The zero-order chi connectivity index (χ0) is 18.2. The first kappa shape index (κ1) is 17.9. The van der Waals surface area contributed by atoms with E-state index < -0.39 is 0 Å². The maximum atomic E-state index is 6.43. The second-order valence-electron chi connectivity index (χ2n) is 8.03. The zero-order valence-electron chi connectivity index (χ0n) is 16.5. The first-order chi connectivity index (χ1) is 11.9. The normalized spacial score (nSPS) is 21.0. The number of hydrogen-bond donors (Lipinski definition) is 0. The summed E-state index contributed by atoms with van der Waals surface area (Å²) in [6, 6.07) is 6.74. The maximum absolute atomic E-state index is 6.43. The average molecular weight is 341 g/mol.